The molecule has 0 radical (unpaired) electrons. The molecule has 1 unspecified atom stereocenters. The number of hydrogen-bond acceptors (Lipinski definition) is 6. The van der Waals surface area contributed by atoms with Gasteiger partial charge in [-0.1, -0.05) is 24.3 Å². The zero-order chi connectivity index (χ0) is 24.8. The largest absolute Gasteiger partial charge is 0.479 e. The third-order valence-electron chi connectivity index (χ3n) is 6.31. The maximum Gasteiger partial charge on any atom is 0.268 e. The maximum atomic E-state index is 13.3. The average molecular weight is 495 g/mol. The van der Waals surface area contributed by atoms with Crippen LogP contribution in [0.25, 0.3) is 32.9 Å². The molecule has 0 fully saturated rings. The van der Waals surface area contributed by atoms with Crippen LogP contribution >= 0.6 is 11.3 Å². The molecule has 178 valence electrons. The molecule has 0 saturated heterocycles. The highest BCUT2D eigenvalue weighted by Gasteiger charge is 2.34. The molecule has 3 aromatic heterocycles. The van der Waals surface area contributed by atoms with Gasteiger partial charge in [0.15, 0.2) is 11.9 Å². The summed E-state index contributed by atoms with van der Waals surface area (Å²) in [5.74, 6) is 0.168. The first kappa shape index (κ1) is 22.2. The molecule has 1 aliphatic rings. The summed E-state index contributed by atoms with van der Waals surface area (Å²) in [6.45, 7) is 3.63. The molecule has 7 nitrogen and oxygen atoms in total. The summed E-state index contributed by atoms with van der Waals surface area (Å²) in [5.41, 5.74) is 4.49. The summed E-state index contributed by atoms with van der Waals surface area (Å²) >= 11 is 1.57. The second-order valence-corrected chi connectivity index (χ2v) is 9.88. The van der Waals surface area contributed by atoms with E-state index in [2.05, 4.69) is 9.97 Å². The van der Waals surface area contributed by atoms with Gasteiger partial charge in [0.25, 0.3) is 5.91 Å². The van der Waals surface area contributed by atoms with E-state index in [4.69, 9.17) is 9.72 Å². The lowest BCUT2D eigenvalue weighted by atomic mass is 10.0. The fourth-order valence-corrected chi connectivity index (χ4v) is 5.42. The van der Waals surface area contributed by atoms with Crippen molar-refractivity contribution >= 4 is 39.6 Å². The van der Waals surface area contributed by atoms with E-state index in [1.54, 1.807) is 30.7 Å². The summed E-state index contributed by atoms with van der Waals surface area (Å²) in [6.07, 6.45) is 2.77. The van der Waals surface area contributed by atoms with Crippen molar-refractivity contribution in [3.63, 3.8) is 0 Å². The first-order chi connectivity index (χ1) is 17.5. The normalized spacial score (nSPS) is 15.1. The number of aryl methyl sites for hydroxylation is 1. The average Bonchev–Trinajstić information content (AvgIpc) is 3.51. The molecule has 1 N–H and O–H groups in total. The zero-order valence-corrected chi connectivity index (χ0v) is 20.5. The molecule has 1 atom stereocenters. The van der Waals surface area contributed by atoms with Crippen molar-refractivity contribution in [1.82, 2.24) is 15.0 Å². The Balaban J connectivity index is 1.37. The van der Waals surface area contributed by atoms with Gasteiger partial charge >= 0.3 is 0 Å². The number of thiazole rings is 1. The minimum absolute atomic E-state index is 0.0833. The molecule has 0 bridgehead atoms. The molecule has 6 rings (SSSR count). The highest BCUT2D eigenvalue weighted by Crippen LogP contribution is 2.40. The summed E-state index contributed by atoms with van der Waals surface area (Å²) in [5, 5.41) is 1.67. The third kappa shape index (κ3) is 3.76. The first-order valence-electron chi connectivity index (χ1n) is 11.6. The summed E-state index contributed by atoms with van der Waals surface area (Å²) in [6, 6.07) is 19.0. The number of benzene rings is 2. The number of rotatable bonds is 5. The number of ketones is 1. The quantitative estimate of drug-likeness (QED) is 0.319. The number of nitrogens with zero attached hydrogens (tertiary/aromatic N) is 3. The standard InChI is InChI=1S/C28H22N4O3S/c1-16-28(34)32(15-24(33)20-14-30-21-8-4-3-7-19(20)21)23-13-18(10-11-25(23)35-16)26-17(2)36-27(31-26)22-9-5-6-12-29-22/h3-14,16,30H,15H2,1-2H3. The minimum atomic E-state index is -0.684. The van der Waals surface area contributed by atoms with Crippen molar-refractivity contribution in [1.29, 1.82) is 0 Å². The number of aromatic amines is 1. The van der Waals surface area contributed by atoms with Gasteiger partial charge in [0, 0.05) is 39.3 Å². The number of anilines is 1. The molecule has 0 aliphatic carbocycles. The van der Waals surface area contributed by atoms with Crippen LogP contribution in [0, 0.1) is 6.92 Å². The van der Waals surface area contributed by atoms with Crippen molar-refractivity contribution in [3.8, 4) is 27.7 Å². The molecule has 4 heterocycles. The molecule has 5 aromatic rings. The van der Waals surface area contributed by atoms with Crippen molar-refractivity contribution in [2.24, 2.45) is 0 Å². The smallest absolute Gasteiger partial charge is 0.268 e. The number of carbonyl (C=O) groups excluding carboxylic acids is 2. The lowest BCUT2D eigenvalue weighted by Gasteiger charge is -2.33. The van der Waals surface area contributed by atoms with E-state index in [1.807, 2.05) is 67.6 Å². The van der Waals surface area contributed by atoms with Crippen LogP contribution in [0.5, 0.6) is 5.75 Å². The van der Waals surface area contributed by atoms with Crippen LogP contribution in [0.2, 0.25) is 0 Å². The van der Waals surface area contributed by atoms with E-state index in [0.29, 0.717) is 17.0 Å². The van der Waals surface area contributed by atoms with Crippen LogP contribution in [0.1, 0.15) is 22.2 Å². The van der Waals surface area contributed by atoms with E-state index in [-0.39, 0.29) is 18.2 Å². The minimum Gasteiger partial charge on any atom is -0.479 e. The Morgan fingerprint density at radius 3 is 2.81 bits per heavy atom. The van der Waals surface area contributed by atoms with Crippen LogP contribution in [-0.2, 0) is 4.79 Å². The van der Waals surface area contributed by atoms with Gasteiger partial charge in [-0.2, -0.15) is 0 Å². The van der Waals surface area contributed by atoms with Crippen LogP contribution in [0.15, 0.2) is 73.1 Å². The van der Waals surface area contributed by atoms with Crippen LogP contribution < -0.4 is 9.64 Å². The lowest BCUT2D eigenvalue weighted by molar-refractivity contribution is -0.125. The van der Waals surface area contributed by atoms with E-state index in [1.165, 1.54) is 4.90 Å². The monoisotopic (exact) mass is 494 g/mol. The Morgan fingerprint density at radius 1 is 1.14 bits per heavy atom. The van der Waals surface area contributed by atoms with Crippen LogP contribution in [0.3, 0.4) is 0 Å². The predicted octanol–water partition coefficient (Wildman–Crippen LogP) is 5.66. The molecule has 1 aliphatic heterocycles. The second kappa shape index (κ2) is 8.73. The van der Waals surface area contributed by atoms with Gasteiger partial charge < -0.3 is 9.72 Å². The Bertz CT molecular complexity index is 1620. The molecule has 8 heteroatoms. The molecule has 1 amide bonds. The molecule has 0 spiro atoms. The lowest BCUT2D eigenvalue weighted by Crippen LogP contribution is -2.46. The number of carbonyl (C=O) groups is 2. The van der Waals surface area contributed by atoms with Crippen molar-refractivity contribution in [3.05, 3.63) is 83.5 Å². The predicted molar refractivity (Wildman–Crippen MR) is 141 cm³/mol. The zero-order valence-electron chi connectivity index (χ0n) is 19.7. The number of ether oxygens (including phenoxy) is 1. The van der Waals surface area contributed by atoms with E-state index >= 15 is 0 Å². The highest BCUT2D eigenvalue weighted by atomic mass is 32.1. The number of nitrogens with one attached hydrogen (secondary N) is 1. The van der Waals surface area contributed by atoms with E-state index in [9.17, 15) is 9.59 Å². The number of pyridine rings is 1. The van der Waals surface area contributed by atoms with Crippen molar-refractivity contribution in [2.75, 3.05) is 11.4 Å². The van der Waals surface area contributed by atoms with Gasteiger partial charge in [0.05, 0.1) is 23.6 Å². The number of H-pyrrole nitrogens is 1. The Hall–Kier alpha value is -4.30. The molecular formula is C28H22N4O3S. The number of aromatic nitrogens is 3. The van der Waals surface area contributed by atoms with Crippen LogP contribution in [0.4, 0.5) is 5.69 Å². The summed E-state index contributed by atoms with van der Waals surface area (Å²) in [7, 11) is 0. The van der Waals surface area contributed by atoms with Gasteiger partial charge in [-0.05, 0) is 50.2 Å². The fourth-order valence-electron chi connectivity index (χ4n) is 4.51. The number of para-hydroxylation sites is 1. The number of amides is 1. The maximum absolute atomic E-state index is 13.3. The Morgan fingerprint density at radius 2 is 1.97 bits per heavy atom. The first-order valence-corrected chi connectivity index (χ1v) is 12.4. The SMILES string of the molecule is Cc1sc(-c2ccccn2)nc1-c1ccc2c(c1)N(CC(=O)c1c[nH]c3ccccc13)C(=O)C(C)O2. The van der Waals surface area contributed by atoms with Crippen molar-refractivity contribution < 1.29 is 14.3 Å². The van der Waals surface area contributed by atoms with Gasteiger partial charge in [-0.3, -0.25) is 19.5 Å². The Kier molecular flexibility index (Phi) is 5.38. The van der Waals surface area contributed by atoms with Gasteiger partial charge in [0.1, 0.15) is 10.8 Å². The molecule has 2 aromatic carbocycles. The molecular weight excluding hydrogens is 472 g/mol. The van der Waals surface area contributed by atoms with Gasteiger partial charge in [-0.25, -0.2) is 4.98 Å². The second-order valence-electron chi connectivity index (χ2n) is 8.68. The van der Waals surface area contributed by atoms with Gasteiger partial charge in [-0.15, -0.1) is 11.3 Å². The number of Topliss-reactive ketones (excluding diaryl/α,β-unsaturated/α-hetero) is 1. The van der Waals surface area contributed by atoms with Crippen molar-refractivity contribution in [2.45, 2.75) is 20.0 Å². The highest BCUT2D eigenvalue weighted by molar-refractivity contribution is 7.15. The molecule has 0 saturated carbocycles. The number of hydrogen-bond donors (Lipinski definition) is 1. The topological polar surface area (TPSA) is 88.2 Å². The Labute approximate surface area is 211 Å². The molecule has 36 heavy (non-hydrogen) atoms. The van der Waals surface area contributed by atoms with E-state index in [0.717, 1.165) is 37.7 Å². The van der Waals surface area contributed by atoms with E-state index < -0.39 is 6.10 Å². The third-order valence-corrected chi connectivity index (χ3v) is 7.31. The summed E-state index contributed by atoms with van der Waals surface area (Å²) < 4.78 is 5.88. The fraction of sp³-hybridized carbons (Fsp3) is 0.143. The van der Waals surface area contributed by atoms with Gasteiger partial charge in [0.2, 0.25) is 0 Å². The number of fused-ring (bicyclic) bond motifs is 2. The summed E-state index contributed by atoms with van der Waals surface area (Å²) in [4.78, 5) is 41.5. The van der Waals surface area contributed by atoms with Crippen LogP contribution in [-0.4, -0.2) is 39.3 Å².